The maximum Gasteiger partial charge on any atom is 0.237 e. The maximum atomic E-state index is 12.3. The summed E-state index contributed by atoms with van der Waals surface area (Å²) in [6.45, 7) is 7.96. The predicted molar refractivity (Wildman–Crippen MR) is 95.4 cm³/mol. The number of nitrogens with one attached hydrogen (secondary N) is 1. The van der Waals surface area contributed by atoms with E-state index < -0.39 is 0 Å². The summed E-state index contributed by atoms with van der Waals surface area (Å²) >= 11 is 13.3. The van der Waals surface area contributed by atoms with E-state index >= 15 is 0 Å². The number of allylic oxidation sites excluding steroid dienone is 1. The number of hydrogen-bond acceptors (Lipinski definition) is 4. The first-order chi connectivity index (χ1) is 10.9. The number of rotatable bonds is 6. The van der Waals surface area contributed by atoms with Crippen LogP contribution in [0.3, 0.4) is 0 Å². The minimum absolute atomic E-state index is 0.190. The average molecular weight is 371 g/mol. The summed E-state index contributed by atoms with van der Waals surface area (Å²) in [5.41, 5.74) is 0.486. The van der Waals surface area contributed by atoms with E-state index in [9.17, 15) is 4.79 Å². The van der Waals surface area contributed by atoms with Gasteiger partial charge in [-0.1, -0.05) is 41.0 Å². The summed E-state index contributed by atoms with van der Waals surface area (Å²) in [6.07, 6.45) is 1.76. The molecule has 23 heavy (non-hydrogen) atoms. The van der Waals surface area contributed by atoms with Crippen LogP contribution >= 0.6 is 35.0 Å². The lowest BCUT2D eigenvalue weighted by Crippen LogP contribution is -2.23. The molecule has 0 saturated carbocycles. The van der Waals surface area contributed by atoms with E-state index in [2.05, 4.69) is 22.1 Å². The fraction of sp³-hybridized carbons (Fsp3) is 0.267. The molecule has 0 aliphatic carbocycles. The topological polar surface area (TPSA) is 59.8 Å². The zero-order chi connectivity index (χ0) is 17.0. The van der Waals surface area contributed by atoms with Gasteiger partial charge in [0.2, 0.25) is 5.91 Å². The second kappa shape index (κ2) is 7.86. The Morgan fingerprint density at radius 3 is 2.91 bits per heavy atom. The highest BCUT2D eigenvalue weighted by Crippen LogP contribution is 2.28. The molecule has 2 rings (SSSR count). The first-order valence-corrected chi connectivity index (χ1v) is 8.49. The number of benzene rings is 1. The van der Waals surface area contributed by atoms with E-state index in [0.717, 1.165) is 5.82 Å². The molecule has 0 bridgehead atoms. The second-order valence-electron chi connectivity index (χ2n) is 4.80. The van der Waals surface area contributed by atoms with Gasteiger partial charge < -0.3 is 9.88 Å². The van der Waals surface area contributed by atoms with Gasteiger partial charge in [-0.2, -0.15) is 0 Å². The highest BCUT2D eigenvalue weighted by atomic mass is 35.5. The van der Waals surface area contributed by atoms with Crippen LogP contribution in [0.4, 0.5) is 5.69 Å². The van der Waals surface area contributed by atoms with Gasteiger partial charge in [0.1, 0.15) is 5.82 Å². The number of thioether (sulfide) groups is 1. The lowest BCUT2D eigenvalue weighted by atomic mass is 10.3. The summed E-state index contributed by atoms with van der Waals surface area (Å²) in [5.74, 6) is 0.586. The Morgan fingerprint density at radius 2 is 2.22 bits per heavy atom. The molecule has 1 unspecified atom stereocenters. The zero-order valence-electron chi connectivity index (χ0n) is 12.7. The molecule has 1 N–H and O–H groups in total. The van der Waals surface area contributed by atoms with Crippen LogP contribution in [0.5, 0.6) is 0 Å². The fourth-order valence-corrected chi connectivity index (χ4v) is 3.07. The molecule has 1 amide bonds. The van der Waals surface area contributed by atoms with Gasteiger partial charge in [-0.05, 0) is 32.0 Å². The van der Waals surface area contributed by atoms with E-state index in [0.29, 0.717) is 27.4 Å². The summed E-state index contributed by atoms with van der Waals surface area (Å²) in [7, 11) is 0. The van der Waals surface area contributed by atoms with Crippen LogP contribution in [0.2, 0.25) is 10.0 Å². The van der Waals surface area contributed by atoms with Crippen LogP contribution < -0.4 is 5.32 Å². The van der Waals surface area contributed by atoms with Crippen LogP contribution in [-0.2, 0) is 11.3 Å². The summed E-state index contributed by atoms with van der Waals surface area (Å²) < 4.78 is 1.90. The zero-order valence-corrected chi connectivity index (χ0v) is 15.0. The highest BCUT2D eigenvalue weighted by Gasteiger charge is 2.19. The lowest BCUT2D eigenvalue weighted by Gasteiger charge is -2.13. The van der Waals surface area contributed by atoms with Gasteiger partial charge in [0.25, 0.3) is 0 Å². The Bertz CT molecular complexity index is 732. The number of aromatic nitrogens is 3. The predicted octanol–water partition coefficient (Wildman–Crippen LogP) is 4.20. The van der Waals surface area contributed by atoms with Crippen molar-refractivity contribution >= 4 is 46.6 Å². The number of aryl methyl sites for hydroxylation is 1. The van der Waals surface area contributed by atoms with Crippen LogP contribution in [0.1, 0.15) is 12.7 Å². The van der Waals surface area contributed by atoms with E-state index in [-0.39, 0.29) is 11.2 Å². The molecule has 1 aromatic heterocycles. The van der Waals surface area contributed by atoms with Crippen molar-refractivity contribution in [2.24, 2.45) is 0 Å². The molecular formula is C15H16Cl2N4OS. The van der Waals surface area contributed by atoms with Crippen molar-refractivity contribution in [2.45, 2.75) is 30.8 Å². The first kappa shape index (κ1) is 17.8. The highest BCUT2D eigenvalue weighted by molar-refractivity contribution is 8.00. The Labute approximate surface area is 149 Å². The van der Waals surface area contributed by atoms with E-state index in [1.54, 1.807) is 31.2 Å². The Balaban J connectivity index is 2.08. The minimum atomic E-state index is -0.378. The Hall–Kier alpha value is -1.50. The second-order valence-corrected chi connectivity index (χ2v) is 6.95. The smallest absolute Gasteiger partial charge is 0.237 e. The van der Waals surface area contributed by atoms with Crippen LogP contribution in [0.15, 0.2) is 36.0 Å². The number of halogens is 2. The van der Waals surface area contributed by atoms with Gasteiger partial charge in [-0.3, -0.25) is 4.79 Å². The van der Waals surface area contributed by atoms with Gasteiger partial charge in [-0.25, -0.2) is 0 Å². The Morgan fingerprint density at radius 1 is 1.48 bits per heavy atom. The normalized spacial score (nSPS) is 12.0. The van der Waals surface area contributed by atoms with Gasteiger partial charge in [0.05, 0.1) is 16.0 Å². The van der Waals surface area contributed by atoms with Crippen LogP contribution in [0, 0.1) is 6.92 Å². The quantitative estimate of drug-likeness (QED) is 0.611. The molecule has 0 radical (unpaired) electrons. The number of hydrogen-bond donors (Lipinski definition) is 1. The monoisotopic (exact) mass is 370 g/mol. The summed E-state index contributed by atoms with van der Waals surface area (Å²) in [5, 5.41) is 12.1. The molecule has 0 aliphatic rings. The van der Waals surface area contributed by atoms with Crippen LogP contribution in [0.25, 0.3) is 0 Å². The van der Waals surface area contributed by atoms with Gasteiger partial charge in [0, 0.05) is 11.6 Å². The summed E-state index contributed by atoms with van der Waals surface area (Å²) in [6, 6.07) is 4.92. The van der Waals surface area contributed by atoms with Gasteiger partial charge in [0.15, 0.2) is 5.16 Å². The SMILES string of the molecule is C=CCn1c(C)nnc1SC(C)C(=O)Nc1cc(Cl)ccc1Cl. The van der Waals surface area contributed by atoms with Crippen molar-refractivity contribution in [2.75, 3.05) is 5.32 Å². The van der Waals surface area contributed by atoms with Gasteiger partial charge in [-0.15, -0.1) is 16.8 Å². The molecule has 5 nitrogen and oxygen atoms in total. The van der Waals surface area contributed by atoms with Crippen LogP contribution in [-0.4, -0.2) is 25.9 Å². The summed E-state index contributed by atoms with van der Waals surface area (Å²) in [4.78, 5) is 12.3. The molecular weight excluding hydrogens is 355 g/mol. The molecule has 1 heterocycles. The van der Waals surface area contributed by atoms with Crippen molar-refractivity contribution in [3.05, 3.63) is 46.7 Å². The molecule has 8 heteroatoms. The minimum Gasteiger partial charge on any atom is -0.324 e. The van der Waals surface area contributed by atoms with Crippen molar-refractivity contribution in [1.29, 1.82) is 0 Å². The third-order valence-corrected chi connectivity index (χ3v) is 4.70. The maximum absolute atomic E-state index is 12.3. The average Bonchev–Trinajstić information content (AvgIpc) is 2.84. The number of nitrogens with zero attached hydrogens (tertiary/aromatic N) is 3. The van der Waals surface area contributed by atoms with Gasteiger partial charge >= 0.3 is 0 Å². The van der Waals surface area contributed by atoms with Crippen molar-refractivity contribution in [1.82, 2.24) is 14.8 Å². The van der Waals surface area contributed by atoms with Crippen molar-refractivity contribution in [3.63, 3.8) is 0 Å². The lowest BCUT2D eigenvalue weighted by molar-refractivity contribution is -0.115. The van der Waals surface area contributed by atoms with Crippen molar-refractivity contribution in [3.8, 4) is 0 Å². The van der Waals surface area contributed by atoms with Crippen molar-refractivity contribution < 1.29 is 4.79 Å². The third-order valence-electron chi connectivity index (χ3n) is 3.05. The molecule has 1 aromatic carbocycles. The number of amides is 1. The van der Waals surface area contributed by atoms with E-state index in [1.807, 2.05) is 11.5 Å². The molecule has 0 spiro atoms. The fourth-order valence-electron chi connectivity index (χ4n) is 1.83. The molecule has 122 valence electrons. The third kappa shape index (κ3) is 4.50. The van der Waals surface area contributed by atoms with E-state index in [4.69, 9.17) is 23.2 Å². The molecule has 1 atom stereocenters. The molecule has 2 aromatic rings. The standard InChI is InChI=1S/C15H16Cl2N4OS/c1-4-7-21-10(3)19-20-15(21)23-9(2)14(22)18-13-8-11(16)5-6-12(13)17/h4-6,8-9H,1,7H2,2-3H3,(H,18,22). The first-order valence-electron chi connectivity index (χ1n) is 6.85. The van der Waals surface area contributed by atoms with E-state index in [1.165, 1.54) is 11.8 Å². The Kier molecular flexibility index (Phi) is 6.10. The molecule has 0 fully saturated rings. The largest absolute Gasteiger partial charge is 0.324 e. The number of carbonyl (C=O) groups excluding carboxylic acids is 1. The molecule has 0 aliphatic heterocycles. The molecule has 0 saturated heterocycles. The number of anilines is 1. The number of carbonyl (C=O) groups is 1.